The van der Waals surface area contributed by atoms with Gasteiger partial charge in [-0.15, -0.1) is 0 Å². The zero-order chi connectivity index (χ0) is 10.7. The van der Waals surface area contributed by atoms with Crippen molar-refractivity contribution in [1.29, 1.82) is 0 Å². The Kier molecular flexibility index (Phi) is 1.62. The van der Waals surface area contributed by atoms with Crippen molar-refractivity contribution in [2.45, 2.75) is 39.7 Å². The van der Waals surface area contributed by atoms with Crippen molar-refractivity contribution in [2.75, 3.05) is 0 Å². The van der Waals surface area contributed by atoms with Crippen LogP contribution in [0.1, 0.15) is 33.6 Å². The molecule has 0 aromatic heterocycles. The van der Waals surface area contributed by atoms with Crippen LogP contribution in [0.4, 0.5) is 0 Å². The van der Waals surface area contributed by atoms with Crippen molar-refractivity contribution >= 4 is 5.78 Å². The van der Waals surface area contributed by atoms with Gasteiger partial charge in [-0.05, 0) is 18.3 Å². The van der Waals surface area contributed by atoms with E-state index in [1.54, 1.807) is 0 Å². The van der Waals surface area contributed by atoms with E-state index >= 15 is 0 Å². The van der Waals surface area contributed by atoms with Gasteiger partial charge in [-0.1, -0.05) is 20.8 Å². The summed E-state index contributed by atoms with van der Waals surface area (Å²) in [6, 6.07) is -0.941. The summed E-state index contributed by atoms with van der Waals surface area (Å²) >= 11 is 0. The fraction of sp³-hybridized carbons (Fsp3) is 0.900. The first-order chi connectivity index (χ1) is 6.32. The minimum absolute atomic E-state index is 0.0602. The van der Waals surface area contributed by atoms with E-state index < -0.39 is 11.5 Å². The number of carbonyl (C=O) groups is 1. The number of fused-ring (bicyclic) bond motifs is 2. The zero-order valence-corrected chi connectivity index (χ0v) is 8.74. The number of ketones is 1. The van der Waals surface area contributed by atoms with Gasteiger partial charge in [-0.3, -0.25) is 14.9 Å². The highest BCUT2D eigenvalue weighted by atomic mass is 16.6. The van der Waals surface area contributed by atoms with Crippen LogP contribution in [0.5, 0.6) is 0 Å². The second kappa shape index (κ2) is 2.35. The Morgan fingerprint density at radius 1 is 1.43 bits per heavy atom. The van der Waals surface area contributed by atoms with Crippen LogP contribution in [0, 0.1) is 26.9 Å². The van der Waals surface area contributed by atoms with Crippen LogP contribution in [0.3, 0.4) is 0 Å². The minimum Gasteiger partial charge on any atom is -0.291 e. The Hall–Kier alpha value is -0.930. The van der Waals surface area contributed by atoms with Crippen molar-refractivity contribution in [1.82, 2.24) is 0 Å². The molecule has 4 heteroatoms. The topological polar surface area (TPSA) is 60.2 Å². The first-order valence-corrected chi connectivity index (χ1v) is 5.00. The van der Waals surface area contributed by atoms with Crippen LogP contribution < -0.4 is 0 Å². The van der Waals surface area contributed by atoms with Crippen LogP contribution in [0.15, 0.2) is 0 Å². The molecule has 0 aromatic rings. The van der Waals surface area contributed by atoms with Crippen molar-refractivity contribution in [2.24, 2.45) is 16.7 Å². The number of nitro groups is 1. The molecule has 14 heavy (non-hydrogen) atoms. The molecule has 0 spiro atoms. The molecule has 0 saturated heterocycles. The van der Waals surface area contributed by atoms with E-state index in [0.29, 0.717) is 0 Å². The lowest BCUT2D eigenvalue weighted by Crippen LogP contribution is -2.38. The molecular weight excluding hydrogens is 182 g/mol. The number of Topliss-reactive ketones (excluding diaryl/α,β-unsaturated/α-hetero) is 1. The van der Waals surface area contributed by atoms with Gasteiger partial charge in [-0.2, -0.15) is 0 Å². The standard InChI is InChI=1S/C10H15NO3/c1-9(2)6-4-5-10(9,3)8(12)7(6)11(13)14/h6-7H,4-5H2,1-3H3/t6-,7-,10-/m0/s1. The Bertz CT molecular complexity index is 323. The Balaban J connectivity index is 2.49. The van der Waals surface area contributed by atoms with Crippen LogP contribution in [0.25, 0.3) is 0 Å². The molecule has 3 atom stereocenters. The maximum Gasteiger partial charge on any atom is 0.274 e. The van der Waals surface area contributed by atoms with Crippen LogP contribution in [0.2, 0.25) is 0 Å². The zero-order valence-electron chi connectivity index (χ0n) is 8.74. The van der Waals surface area contributed by atoms with Crippen LogP contribution >= 0.6 is 0 Å². The van der Waals surface area contributed by atoms with E-state index in [9.17, 15) is 14.9 Å². The van der Waals surface area contributed by atoms with Gasteiger partial charge in [0, 0.05) is 16.3 Å². The van der Waals surface area contributed by atoms with Gasteiger partial charge in [0.05, 0.1) is 0 Å². The van der Waals surface area contributed by atoms with Crippen molar-refractivity contribution < 1.29 is 9.72 Å². The summed E-state index contributed by atoms with van der Waals surface area (Å²) in [5.74, 6) is -0.209. The molecular formula is C10H15NO3. The second-order valence-corrected chi connectivity index (χ2v) is 5.29. The van der Waals surface area contributed by atoms with Crippen LogP contribution in [-0.4, -0.2) is 16.7 Å². The maximum absolute atomic E-state index is 11.9. The monoisotopic (exact) mass is 197 g/mol. The van der Waals surface area contributed by atoms with Crippen molar-refractivity contribution in [3.8, 4) is 0 Å². The molecule has 0 amide bonds. The molecule has 2 saturated carbocycles. The molecule has 0 aliphatic heterocycles. The van der Waals surface area contributed by atoms with Gasteiger partial charge in [-0.25, -0.2) is 0 Å². The molecule has 2 aliphatic rings. The van der Waals surface area contributed by atoms with E-state index in [1.165, 1.54) is 0 Å². The van der Waals surface area contributed by atoms with Gasteiger partial charge in [0.25, 0.3) is 6.04 Å². The fourth-order valence-corrected chi connectivity index (χ4v) is 3.28. The highest BCUT2D eigenvalue weighted by Gasteiger charge is 2.70. The third kappa shape index (κ3) is 0.775. The predicted molar refractivity (Wildman–Crippen MR) is 50.4 cm³/mol. The van der Waals surface area contributed by atoms with E-state index in [-0.39, 0.29) is 22.0 Å². The van der Waals surface area contributed by atoms with Gasteiger partial charge in [0.2, 0.25) is 5.78 Å². The highest BCUT2D eigenvalue weighted by Crippen LogP contribution is 2.63. The van der Waals surface area contributed by atoms with Gasteiger partial charge in [0.15, 0.2) is 0 Å². The SMILES string of the molecule is CC1(C)[C@H]2CC[C@@]1(C)C(=O)[C@H]2[N+](=O)[O-]. The molecule has 78 valence electrons. The first kappa shape index (κ1) is 9.62. The fourth-order valence-electron chi connectivity index (χ4n) is 3.28. The quantitative estimate of drug-likeness (QED) is 0.474. The van der Waals surface area contributed by atoms with E-state index in [2.05, 4.69) is 0 Å². The predicted octanol–water partition coefficient (Wildman–Crippen LogP) is 1.66. The van der Waals surface area contributed by atoms with E-state index in [0.717, 1.165) is 12.8 Å². The third-order valence-electron chi connectivity index (χ3n) is 4.73. The molecule has 0 aromatic carbocycles. The number of hydrogen-bond donors (Lipinski definition) is 0. The molecule has 0 N–H and O–H groups in total. The molecule has 2 fully saturated rings. The molecule has 2 bridgehead atoms. The minimum atomic E-state index is -0.941. The Labute approximate surface area is 82.8 Å². The third-order valence-corrected chi connectivity index (χ3v) is 4.73. The molecule has 2 aliphatic carbocycles. The van der Waals surface area contributed by atoms with Crippen molar-refractivity contribution in [3.63, 3.8) is 0 Å². The summed E-state index contributed by atoms with van der Waals surface area (Å²) in [7, 11) is 0. The second-order valence-electron chi connectivity index (χ2n) is 5.29. The molecule has 4 nitrogen and oxygen atoms in total. The smallest absolute Gasteiger partial charge is 0.274 e. The number of nitrogens with zero attached hydrogens (tertiary/aromatic N) is 1. The molecule has 2 rings (SSSR count). The highest BCUT2D eigenvalue weighted by molar-refractivity contribution is 5.93. The lowest BCUT2D eigenvalue weighted by Gasteiger charge is -2.31. The van der Waals surface area contributed by atoms with Gasteiger partial charge < -0.3 is 0 Å². The molecule has 0 unspecified atom stereocenters. The average Bonchev–Trinajstić information content (AvgIpc) is 2.35. The summed E-state index contributed by atoms with van der Waals surface area (Å²) in [6.45, 7) is 5.87. The van der Waals surface area contributed by atoms with E-state index in [4.69, 9.17) is 0 Å². The Morgan fingerprint density at radius 3 is 2.29 bits per heavy atom. The summed E-state index contributed by atoms with van der Waals surface area (Å²) in [6.07, 6.45) is 1.63. The summed E-state index contributed by atoms with van der Waals surface area (Å²) in [5, 5.41) is 10.8. The lowest BCUT2D eigenvalue weighted by atomic mass is 9.70. The molecule has 0 radical (unpaired) electrons. The number of rotatable bonds is 1. The maximum atomic E-state index is 11.9. The van der Waals surface area contributed by atoms with Gasteiger partial charge >= 0.3 is 0 Å². The lowest BCUT2D eigenvalue weighted by molar-refractivity contribution is -0.516. The number of hydrogen-bond acceptors (Lipinski definition) is 3. The largest absolute Gasteiger partial charge is 0.291 e. The summed E-state index contributed by atoms with van der Waals surface area (Å²) in [5.41, 5.74) is -0.669. The van der Waals surface area contributed by atoms with Crippen molar-refractivity contribution in [3.05, 3.63) is 10.1 Å². The summed E-state index contributed by atoms with van der Waals surface area (Å²) < 4.78 is 0. The normalized spacial score (nSPS) is 44.4. The Morgan fingerprint density at radius 2 is 2.00 bits per heavy atom. The van der Waals surface area contributed by atoms with Gasteiger partial charge in [0.1, 0.15) is 0 Å². The average molecular weight is 197 g/mol. The van der Waals surface area contributed by atoms with E-state index in [1.807, 2.05) is 20.8 Å². The summed E-state index contributed by atoms with van der Waals surface area (Å²) in [4.78, 5) is 22.3. The number of carbonyl (C=O) groups excluding carboxylic acids is 1. The molecule has 0 heterocycles. The van der Waals surface area contributed by atoms with Crippen LogP contribution in [-0.2, 0) is 4.79 Å². The first-order valence-electron chi connectivity index (χ1n) is 5.00.